The van der Waals surface area contributed by atoms with Crippen LogP contribution >= 0.6 is 11.6 Å². The molecule has 1 atom stereocenters. The van der Waals surface area contributed by atoms with Crippen LogP contribution in [0.1, 0.15) is 30.4 Å². The van der Waals surface area contributed by atoms with Gasteiger partial charge in [-0.25, -0.2) is 4.79 Å². The summed E-state index contributed by atoms with van der Waals surface area (Å²) in [6, 6.07) is 8.92. The molecule has 35 heavy (non-hydrogen) atoms. The molecule has 0 saturated heterocycles. The second-order valence-electron chi connectivity index (χ2n) is 8.21. The van der Waals surface area contributed by atoms with Gasteiger partial charge in [-0.05, 0) is 54.7 Å². The van der Waals surface area contributed by atoms with Crippen LogP contribution in [0.2, 0.25) is 5.02 Å². The summed E-state index contributed by atoms with van der Waals surface area (Å²) < 4.78 is 5.60. The lowest BCUT2D eigenvalue weighted by molar-refractivity contribution is -0.138. The van der Waals surface area contributed by atoms with Crippen LogP contribution in [0.15, 0.2) is 45.8 Å². The Balaban J connectivity index is 1.41. The quantitative estimate of drug-likeness (QED) is 0.301. The third kappa shape index (κ3) is 6.42. The Hall–Kier alpha value is -3.79. The summed E-state index contributed by atoms with van der Waals surface area (Å²) in [5, 5.41) is 28.8. The van der Waals surface area contributed by atoms with E-state index < -0.39 is 12.0 Å². The number of amides is 1. The van der Waals surface area contributed by atoms with Crippen molar-refractivity contribution in [1.29, 1.82) is 0 Å². The third-order valence-corrected chi connectivity index (χ3v) is 5.88. The molecule has 0 fully saturated rings. The monoisotopic (exact) mass is 499 g/mol. The SMILES string of the molecule is O=C(CCCc1cc(O)ccc1C[C@H](Nc1nc2cccc(Cl)c2o1)C(=O)O)NC1=NCCCN1. The average molecular weight is 500 g/mol. The van der Waals surface area contributed by atoms with Crippen molar-refractivity contribution in [3.8, 4) is 5.75 Å². The molecule has 0 radical (unpaired) electrons. The minimum atomic E-state index is -1.09. The van der Waals surface area contributed by atoms with Crippen molar-refractivity contribution in [2.24, 2.45) is 4.99 Å². The molecule has 1 aliphatic heterocycles. The maximum absolute atomic E-state index is 12.2. The zero-order valence-corrected chi connectivity index (χ0v) is 19.6. The molecule has 0 saturated carbocycles. The van der Waals surface area contributed by atoms with Gasteiger partial charge in [-0.15, -0.1) is 0 Å². The number of benzene rings is 2. The number of halogens is 1. The fourth-order valence-corrected chi connectivity index (χ4v) is 4.05. The maximum atomic E-state index is 12.2. The molecule has 3 aromatic rings. The molecule has 1 aromatic heterocycles. The third-order valence-electron chi connectivity index (χ3n) is 5.58. The zero-order chi connectivity index (χ0) is 24.8. The van der Waals surface area contributed by atoms with Crippen LogP contribution in [0.3, 0.4) is 0 Å². The highest BCUT2D eigenvalue weighted by molar-refractivity contribution is 6.34. The summed E-state index contributed by atoms with van der Waals surface area (Å²) in [5.74, 6) is -0.672. The Morgan fingerprint density at radius 3 is 2.83 bits per heavy atom. The van der Waals surface area contributed by atoms with Crippen molar-refractivity contribution in [1.82, 2.24) is 15.6 Å². The average Bonchev–Trinajstić information content (AvgIpc) is 3.25. The molecule has 1 aliphatic rings. The molecule has 0 aliphatic carbocycles. The number of aromatic hydroxyl groups is 1. The van der Waals surface area contributed by atoms with Gasteiger partial charge in [0.1, 0.15) is 17.3 Å². The zero-order valence-electron chi connectivity index (χ0n) is 18.9. The van der Waals surface area contributed by atoms with E-state index in [1.807, 2.05) is 0 Å². The van der Waals surface area contributed by atoms with Crippen LogP contribution in [0.5, 0.6) is 5.75 Å². The van der Waals surface area contributed by atoms with E-state index in [-0.39, 0.29) is 30.5 Å². The Morgan fingerprint density at radius 1 is 1.23 bits per heavy atom. The standard InChI is InChI=1S/C24H26ClN5O5/c25-17-5-2-6-18-21(17)35-24(28-18)29-19(22(33)34)13-15-8-9-16(31)12-14(15)4-1-7-20(32)30-23-26-10-3-11-27-23/h2,5-6,8-9,12,19,31H,1,3-4,7,10-11,13H2,(H,28,29)(H,33,34)(H2,26,27,30,32)/t19-/m0/s1. The smallest absolute Gasteiger partial charge is 0.326 e. The number of oxazole rings is 1. The van der Waals surface area contributed by atoms with Gasteiger partial charge in [0.15, 0.2) is 11.5 Å². The number of carboxylic acids is 1. The summed E-state index contributed by atoms with van der Waals surface area (Å²) >= 11 is 6.12. The first-order chi connectivity index (χ1) is 16.9. The Labute approximate surface area is 206 Å². The van der Waals surface area contributed by atoms with Crippen LogP contribution < -0.4 is 16.0 Å². The Bertz CT molecular complexity index is 1260. The first-order valence-corrected chi connectivity index (χ1v) is 11.7. The van der Waals surface area contributed by atoms with Crippen LogP contribution in [0.4, 0.5) is 6.01 Å². The number of nitrogens with one attached hydrogen (secondary N) is 3. The molecule has 0 spiro atoms. The van der Waals surface area contributed by atoms with Gasteiger partial charge in [-0.1, -0.05) is 23.7 Å². The Morgan fingerprint density at radius 2 is 2.09 bits per heavy atom. The topological polar surface area (TPSA) is 149 Å². The second kappa shape index (κ2) is 11.1. The fourth-order valence-electron chi connectivity index (χ4n) is 3.84. The van der Waals surface area contributed by atoms with E-state index >= 15 is 0 Å². The normalized spacial score (nSPS) is 14.1. The van der Waals surface area contributed by atoms with Crippen molar-refractivity contribution >= 4 is 46.6 Å². The number of carbonyl (C=O) groups excluding carboxylic acids is 1. The van der Waals surface area contributed by atoms with Gasteiger partial charge < -0.3 is 25.3 Å². The number of hydrogen-bond acceptors (Lipinski definition) is 8. The number of aryl methyl sites for hydroxylation is 1. The number of hydrogen-bond donors (Lipinski definition) is 5. The number of rotatable bonds is 9. The van der Waals surface area contributed by atoms with Crippen LogP contribution in [-0.2, 0) is 22.4 Å². The summed E-state index contributed by atoms with van der Waals surface area (Å²) in [6.45, 7) is 1.46. The second-order valence-corrected chi connectivity index (χ2v) is 8.62. The van der Waals surface area contributed by atoms with Crippen LogP contribution in [0.25, 0.3) is 11.1 Å². The molecule has 184 valence electrons. The molecule has 4 rings (SSSR count). The van der Waals surface area contributed by atoms with E-state index in [1.54, 1.807) is 30.3 Å². The van der Waals surface area contributed by atoms with E-state index in [1.165, 1.54) is 6.07 Å². The number of fused-ring (bicyclic) bond motifs is 1. The van der Waals surface area contributed by atoms with E-state index in [0.29, 0.717) is 41.5 Å². The lowest BCUT2D eigenvalue weighted by Gasteiger charge is -2.17. The van der Waals surface area contributed by atoms with Crippen LogP contribution in [-0.4, -0.2) is 52.2 Å². The van der Waals surface area contributed by atoms with Gasteiger partial charge >= 0.3 is 5.97 Å². The molecule has 2 aromatic carbocycles. The summed E-state index contributed by atoms with van der Waals surface area (Å²) in [6.07, 6.45) is 2.32. The van der Waals surface area contributed by atoms with E-state index in [2.05, 4.69) is 25.9 Å². The van der Waals surface area contributed by atoms with Gasteiger partial charge in [0.25, 0.3) is 6.01 Å². The first kappa shape index (κ1) is 24.3. The number of phenolic OH excluding ortho intramolecular Hbond substituents is 1. The molecule has 1 amide bonds. The molecule has 10 nitrogen and oxygen atoms in total. The fraction of sp³-hybridized carbons (Fsp3) is 0.333. The number of aliphatic carboxylic acids is 1. The van der Waals surface area contributed by atoms with Gasteiger partial charge in [-0.3, -0.25) is 15.1 Å². The van der Waals surface area contributed by atoms with Crippen molar-refractivity contribution in [2.45, 2.75) is 38.1 Å². The van der Waals surface area contributed by atoms with Crippen molar-refractivity contribution in [3.63, 3.8) is 0 Å². The maximum Gasteiger partial charge on any atom is 0.326 e. The molecule has 5 N–H and O–H groups in total. The van der Waals surface area contributed by atoms with Gasteiger partial charge in [0.2, 0.25) is 5.91 Å². The first-order valence-electron chi connectivity index (χ1n) is 11.3. The number of phenols is 1. The number of carbonyl (C=O) groups is 2. The molecular formula is C24H26ClN5O5. The largest absolute Gasteiger partial charge is 0.508 e. The molecule has 2 heterocycles. The van der Waals surface area contributed by atoms with E-state index in [4.69, 9.17) is 16.0 Å². The minimum Gasteiger partial charge on any atom is -0.508 e. The van der Waals surface area contributed by atoms with Crippen LogP contribution in [0, 0.1) is 0 Å². The van der Waals surface area contributed by atoms with Gasteiger partial charge in [0.05, 0.1) is 5.02 Å². The highest BCUT2D eigenvalue weighted by Gasteiger charge is 2.22. The Kier molecular flexibility index (Phi) is 7.71. The summed E-state index contributed by atoms with van der Waals surface area (Å²) in [4.78, 5) is 32.7. The number of guanidine groups is 1. The summed E-state index contributed by atoms with van der Waals surface area (Å²) in [7, 11) is 0. The number of carboxylic acid groups (broad SMARTS) is 1. The molecule has 0 bridgehead atoms. The summed E-state index contributed by atoms with van der Waals surface area (Å²) in [5.41, 5.74) is 2.39. The van der Waals surface area contributed by atoms with Crippen molar-refractivity contribution in [2.75, 3.05) is 18.4 Å². The molecule has 0 unspecified atom stereocenters. The van der Waals surface area contributed by atoms with Crippen molar-refractivity contribution in [3.05, 3.63) is 52.5 Å². The number of anilines is 1. The number of aromatic nitrogens is 1. The lowest BCUT2D eigenvalue weighted by Crippen LogP contribution is -2.43. The predicted molar refractivity (Wildman–Crippen MR) is 132 cm³/mol. The highest BCUT2D eigenvalue weighted by Crippen LogP contribution is 2.27. The van der Waals surface area contributed by atoms with Gasteiger partial charge in [-0.2, -0.15) is 4.98 Å². The number of nitrogens with zero attached hydrogens (tertiary/aromatic N) is 2. The van der Waals surface area contributed by atoms with E-state index in [0.717, 1.165) is 24.1 Å². The van der Waals surface area contributed by atoms with Crippen molar-refractivity contribution < 1.29 is 24.2 Å². The van der Waals surface area contributed by atoms with Gasteiger partial charge in [0, 0.05) is 25.9 Å². The number of aliphatic imine (C=N–C) groups is 1. The van der Waals surface area contributed by atoms with E-state index in [9.17, 15) is 19.8 Å². The predicted octanol–water partition coefficient (Wildman–Crippen LogP) is 3.08. The highest BCUT2D eigenvalue weighted by atomic mass is 35.5. The number of para-hydroxylation sites is 1. The molecule has 11 heteroatoms. The lowest BCUT2D eigenvalue weighted by atomic mass is 9.96. The minimum absolute atomic E-state index is 0.0525. The molecular weight excluding hydrogens is 474 g/mol.